The minimum atomic E-state index is 0. The molecule has 186 valence electrons. The Labute approximate surface area is 222 Å². The van der Waals surface area contributed by atoms with Crippen LogP contribution in [0.4, 0.5) is 0 Å². The van der Waals surface area contributed by atoms with E-state index in [1.807, 2.05) is 43.0 Å². The first kappa shape index (κ1) is 28.1. The third-order valence-corrected chi connectivity index (χ3v) is 6.10. The predicted molar refractivity (Wildman–Crippen MR) is 152 cm³/mol. The third-order valence-electron chi connectivity index (χ3n) is 6.10. The van der Waals surface area contributed by atoms with Crippen molar-refractivity contribution in [1.29, 1.82) is 0 Å². The fraction of sp³-hybridized carbons (Fsp3) is 0.481. The number of aliphatic imine (C=N–C) groups is 1. The van der Waals surface area contributed by atoms with Crippen LogP contribution in [0.2, 0.25) is 0 Å². The van der Waals surface area contributed by atoms with Gasteiger partial charge in [0.25, 0.3) is 5.91 Å². The lowest BCUT2D eigenvalue weighted by Crippen LogP contribution is -2.36. The number of likely N-dealkylation sites (tertiary alicyclic amines) is 1. The van der Waals surface area contributed by atoms with Crippen molar-refractivity contribution >= 4 is 35.8 Å². The van der Waals surface area contributed by atoms with Gasteiger partial charge in [0.15, 0.2) is 5.96 Å². The number of nitrogens with zero attached hydrogens (tertiary/aromatic N) is 3. The van der Waals surface area contributed by atoms with Gasteiger partial charge in [0.1, 0.15) is 0 Å². The van der Waals surface area contributed by atoms with Crippen molar-refractivity contribution < 1.29 is 4.79 Å². The van der Waals surface area contributed by atoms with Crippen LogP contribution in [-0.4, -0.2) is 54.4 Å². The van der Waals surface area contributed by atoms with Gasteiger partial charge in [-0.2, -0.15) is 0 Å². The monoisotopic (exact) mass is 577 g/mol. The van der Waals surface area contributed by atoms with Gasteiger partial charge in [-0.25, -0.2) is 4.99 Å². The molecule has 1 aliphatic rings. The van der Waals surface area contributed by atoms with Gasteiger partial charge in [-0.05, 0) is 75.5 Å². The second-order valence-corrected chi connectivity index (χ2v) is 8.52. The molecular formula is C27H40IN5O. The average Bonchev–Trinajstić information content (AvgIpc) is 3.36. The zero-order chi connectivity index (χ0) is 23.5. The molecule has 1 fully saturated rings. The van der Waals surface area contributed by atoms with Crippen LogP contribution in [0.1, 0.15) is 60.7 Å². The van der Waals surface area contributed by atoms with E-state index >= 15 is 0 Å². The lowest BCUT2D eigenvalue weighted by molar-refractivity contribution is 0.0773. The van der Waals surface area contributed by atoms with Gasteiger partial charge in [-0.3, -0.25) is 9.69 Å². The maximum atomic E-state index is 12.5. The fourth-order valence-corrected chi connectivity index (χ4v) is 4.11. The predicted octanol–water partition coefficient (Wildman–Crippen LogP) is 4.64. The summed E-state index contributed by atoms with van der Waals surface area (Å²) in [4.78, 5) is 21.5. The van der Waals surface area contributed by atoms with Crippen molar-refractivity contribution in [2.24, 2.45) is 4.99 Å². The number of benzene rings is 2. The summed E-state index contributed by atoms with van der Waals surface area (Å²) < 4.78 is 0. The first-order valence-electron chi connectivity index (χ1n) is 12.3. The third kappa shape index (κ3) is 8.58. The van der Waals surface area contributed by atoms with E-state index in [4.69, 9.17) is 4.99 Å². The molecule has 2 aromatic rings. The Bertz CT molecular complexity index is 888. The van der Waals surface area contributed by atoms with Gasteiger partial charge in [0.2, 0.25) is 0 Å². The molecule has 0 spiro atoms. The van der Waals surface area contributed by atoms with Gasteiger partial charge in [-0.1, -0.05) is 36.4 Å². The molecule has 0 bridgehead atoms. The number of carbonyl (C=O) groups excluding carboxylic acids is 1. The zero-order valence-corrected chi connectivity index (χ0v) is 23.2. The zero-order valence-electron chi connectivity index (χ0n) is 20.8. The molecule has 2 aromatic carbocycles. The van der Waals surface area contributed by atoms with Crippen molar-refractivity contribution in [2.75, 3.05) is 32.7 Å². The van der Waals surface area contributed by atoms with Crippen LogP contribution in [-0.2, 0) is 19.6 Å². The summed E-state index contributed by atoms with van der Waals surface area (Å²) in [6.45, 7) is 13.1. The summed E-state index contributed by atoms with van der Waals surface area (Å²) in [7, 11) is 0. The Morgan fingerprint density at radius 3 is 2.06 bits per heavy atom. The Hall–Kier alpha value is -2.13. The highest BCUT2D eigenvalue weighted by molar-refractivity contribution is 14.0. The molecule has 6 nitrogen and oxygen atoms in total. The van der Waals surface area contributed by atoms with Crippen molar-refractivity contribution in [3.8, 4) is 0 Å². The Balaban J connectivity index is 0.00000408. The van der Waals surface area contributed by atoms with E-state index in [9.17, 15) is 4.79 Å². The van der Waals surface area contributed by atoms with E-state index in [1.165, 1.54) is 37.1 Å². The summed E-state index contributed by atoms with van der Waals surface area (Å²) in [5.41, 5.74) is 4.42. The standard InChI is InChI=1S/C27H39N5O.HI/c1-4-28-27(29-19-22-9-11-24(12-10-22)21-31-17-7-8-18-31)30-20-23-13-15-25(16-14-23)26(33)32(5-2)6-3;/h9-16H,4-8,17-21H2,1-3H3,(H2,28,29,30);1H. The number of rotatable bonds is 10. The molecule has 1 aliphatic heterocycles. The first-order chi connectivity index (χ1) is 16.1. The van der Waals surface area contributed by atoms with Crippen LogP contribution in [0.3, 0.4) is 0 Å². The normalized spacial score (nSPS) is 13.9. The van der Waals surface area contributed by atoms with Crippen LogP contribution >= 0.6 is 24.0 Å². The lowest BCUT2D eigenvalue weighted by Gasteiger charge is -2.18. The summed E-state index contributed by atoms with van der Waals surface area (Å²) >= 11 is 0. The van der Waals surface area contributed by atoms with Gasteiger partial charge >= 0.3 is 0 Å². The van der Waals surface area contributed by atoms with Crippen molar-refractivity contribution in [2.45, 2.75) is 53.2 Å². The first-order valence-corrected chi connectivity index (χ1v) is 12.3. The average molecular weight is 578 g/mol. The topological polar surface area (TPSA) is 60.0 Å². The molecule has 0 unspecified atom stereocenters. The van der Waals surface area contributed by atoms with Crippen molar-refractivity contribution in [3.63, 3.8) is 0 Å². The van der Waals surface area contributed by atoms with E-state index in [0.717, 1.165) is 49.8 Å². The van der Waals surface area contributed by atoms with Gasteiger partial charge < -0.3 is 15.5 Å². The van der Waals surface area contributed by atoms with Gasteiger partial charge in [0, 0.05) is 38.3 Å². The molecule has 1 heterocycles. The van der Waals surface area contributed by atoms with Crippen LogP contribution in [0.5, 0.6) is 0 Å². The van der Waals surface area contributed by atoms with Crippen molar-refractivity contribution in [1.82, 2.24) is 20.4 Å². The molecular weight excluding hydrogens is 537 g/mol. The SMILES string of the molecule is CCNC(=NCc1ccc(C(=O)N(CC)CC)cc1)NCc1ccc(CN2CCCC2)cc1.I. The van der Waals surface area contributed by atoms with E-state index in [0.29, 0.717) is 6.54 Å². The number of halogens is 1. The molecule has 0 saturated carbocycles. The molecule has 2 N–H and O–H groups in total. The van der Waals surface area contributed by atoms with Crippen LogP contribution in [0.25, 0.3) is 0 Å². The number of guanidine groups is 1. The largest absolute Gasteiger partial charge is 0.357 e. The maximum absolute atomic E-state index is 12.5. The lowest BCUT2D eigenvalue weighted by atomic mass is 10.1. The Kier molecular flexibility index (Phi) is 12.4. The molecule has 1 saturated heterocycles. The molecule has 0 atom stereocenters. The summed E-state index contributed by atoms with van der Waals surface area (Å²) in [6, 6.07) is 16.7. The minimum absolute atomic E-state index is 0. The summed E-state index contributed by atoms with van der Waals surface area (Å²) in [5.74, 6) is 0.874. The van der Waals surface area contributed by atoms with E-state index in [1.54, 1.807) is 0 Å². The molecule has 0 aromatic heterocycles. The number of carbonyl (C=O) groups is 1. The minimum Gasteiger partial charge on any atom is -0.357 e. The molecule has 34 heavy (non-hydrogen) atoms. The highest BCUT2D eigenvalue weighted by Gasteiger charge is 2.12. The summed E-state index contributed by atoms with van der Waals surface area (Å²) in [5, 5.41) is 6.74. The van der Waals surface area contributed by atoms with E-state index < -0.39 is 0 Å². The second kappa shape index (κ2) is 15.0. The maximum Gasteiger partial charge on any atom is 0.253 e. The molecule has 7 heteroatoms. The summed E-state index contributed by atoms with van der Waals surface area (Å²) in [6.07, 6.45) is 2.65. The number of hydrogen-bond donors (Lipinski definition) is 2. The fourth-order valence-electron chi connectivity index (χ4n) is 4.11. The second-order valence-electron chi connectivity index (χ2n) is 8.52. The number of amides is 1. The molecule has 3 rings (SSSR count). The van der Waals surface area contributed by atoms with Crippen LogP contribution < -0.4 is 10.6 Å². The van der Waals surface area contributed by atoms with E-state index in [-0.39, 0.29) is 29.9 Å². The quantitative estimate of drug-likeness (QED) is 0.246. The number of hydrogen-bond acceptors (Lipinski definition) is 3. The van der Waals surface area contributed by atoms with Crippen LogP contribution in [0.15, 0.2) is 53.5 Å². The number of nitrogens with one attached hydrogen (secondary N) is 2. The van der Waals surface area contributed by atoms with Crippen molar-refractivity contribution in [3.05, 3.63) is 70.8 Å². The molecule has 0 aliphatic carbocycles. The smallest absolute Gasteiger partial charge is 0.253 e. The Morgan fingerprint density at radius 1 is 0.882 bits per heavy atom. The highest BCUT2D eigenvalue weighted by Crippen LogP contribution is 2.13. The van der Waals surface area contributed by atoms with Gasteiger partial charge in [-0.15, -0.1) is 24.0 Å². The highest BCUT2D eigenvalue weighted by atomic mass is 127. The van der Waals surface area contributed by atoms with Gasteiger partial charge in [0.05, 0.1) is 6.54 Å². The Morgan fingerprint density at radius 2 is 1.47 bits per heavy atom. The molecule has 0 radical (unpaired) electrons. The van der Waals surface area contributed by atoms with E-state index in [2.05, 4.69) is 46.7 Å². The molecule has 1 amide bonds. The van der Waals surface area contributed by atoms with Crippen LogP contribution in [0, 0.1) is 0 Å².